The van der Waals surface area contributed by atoms with Gasteiger partial charge in [0.05, 0.1) is 0 Å². The average Bonchev–Trinajstić information content (AvgIpc) is 3.51. The van der Waals surface area contributed by atoms with Crippen LogP contribution in [-0.2, 0) is 19.1 Å². The van der Waals surface area contributed by atoms with Gasteiger partial charge >= 0.3 is 5.97 Å². The van der Waals surface area contributed by atoms with Crippen LogP contribution in [0.5, 0.6) is 0 Å². The molecule has 1 saturated heterocycles. The average molecular weight is 592 g/mol. The summed E-state index contributed by atoms with van der Waals surface area (Å²) in [7, 11) is 0. The number of aromatic nitrogens is 2. The maximum atomic E-state index is 13.6. The molecular weight excluding hydrogens is 554 g/mol. The fraction of sp³-hybridized carbons (Fsp3) is 0.484. The molecular formula is C31H37N5O7. The van der Waals surface area contributed by atoms with E-state index in [1.807, 2.05) is 0 Å². The summed E-state index contributed by atoms with van der Waals surface area (Å²) in [5, 5.41) is 11.8. The molecule has 3 amide bonds. The molecule has 2 fully saturated rings. The Hall–Kier alpha value is -4.66. The molecule has 4 rings (SSSR count). The summed E-state index contributed by atoms with van der Waals surface area (Å²) in [5.74, 6) is 0.625. The number of carbonyl (C=O) groups excluding carboxylic acids is 4. The number of nitrogens with one attached hydrogen (secondary N) is 3. The minimum atomic E-state index is -1.13. The Balaban J connectivity index is 1.50. The summed E-state index contributed by atoms with van der Waals surface area (Å²) in [6, 6.07) is 2.49. The quantitative estimate of drug-likeness (QED) is 0.156. The van der Waals surface area contributed by atoms with Gasteiger partial charge in [-0.15, -0.1) is 12.3 Å². The molecule has 2 aromatic rings. The first-order chi connectivity index (χ1) is 20.7. The summed E-state index contributed by atoms with van der Waals surface area (Å²) in [5.41, 5.74) is -0.739. The van der Waals surface area contributed by atoms with Crippen LogP contribution in [0, 0.1) is 25.2 Å². The van der Waals surface area contributed by atoms with E-state index in [1.54, 1.807) is 6.92 Å². The lowest BCUT2D eigenvalue weighted by atomic mass is 9.97. The van der Waals surface area contributed by atoms with Gasteiger partial charge in [-0.3, -0.25) is 19.2 Å². The van der Waals surface area contributed by atoms with E-state index < -0.39 is 35.4 Å². The maximum absolute atomic E-state index is 13.6. The maximum Gasteiger partial charge on any atom is 0.330 e. The third-order valence-corrected chi connectivity index (χ3v) is 7.61. The van der Waals surface area contributed by atoms with E-state index in [0.29, 0.717) is 18.7 Å². The third kappa shape index (κ3) is 8.67. The lowest BCUT2D eigenvalue weighted by molar-refractivity contribution is -0.143. The Morgan fingerprint density at radius 3 is 2.65 bits per heavy atom. The molecule has 2 aliphatic rings. The summed E-state index contributed by atoms with van der Waals surface area (Å²) in [6.07, 6.45) is 16.3. The normalized spacial score (nSPS) is 18.7. The van der Waals surface area contributed by atoms with Crippen molar-refractivity contribution in [3.63, 3.8) is 0 Å². The standard InChI is InChI=1S/C31H37N5O7/c1-3-9-26(36-17-8-12-24(31(36)41)34-29(39)25-18-20(2)43-35-25)30(40)33-22(19-21-15-16-32-28(21)38)13-14-27(37)42-23-10-6-4-5-7-11-23/h1,8,12-14,17-18,21-23,26H,4-7,9-11,15-16,19H2,2H3,(H,32,38)(H,33,40)(H,34,39)/b14-13+/t21-,22+,26-/m0/s1. The fourth-order valence-electron chi connectivity index (χ4n) is 5.34. The number of nitrogens with zero attached hydrogens (tertiary/aromatic N) is 2. The van der Waals surface area contributed by atoms with Crippen molar-refractivity contribution in [3.8, 4) is 12.3 Å². The highest BCUT2D eigenvalue weighted by Gasteiger charge is 2.30. The molecule has 0 bridgehead atoms. The molecule has 12 nitrogen and oxygen atoms in total. The highest BCUT2D eigenvalue weighted by molar-refractivity contribution is 6.02. The number of aryl methyl sites for hydroxylation is 1. The Morgan fingerprint density at radius 2 is 2.00 bits per heavy atom. The molecule has 1 aliphatic carbocycles. The molecule has 3 N–H and O–H groups in total. The number of rotatable bonds is 11. The zero-order chi connectivity index (χ0) is 30.8. The van der Waals surface area contributed by atoms with Gasteiger partial charge in [0, 0.05) is 43.3 Å². The lowest BCUT2D eigenvalue weighted by Gasteiger charge is -2.23. The largest absolute Gasteiger partial charge is 0.459 e. The first-order valence-electron chi connectivity index (χ1n) is 14.6. The van der Waals surface area contributed by atoms with Crippen LogP contribution in [-0.4, -0.2) is 52.1 Å². The van der Waals surface area contributed by atoms with Crippen molar-refractivity contribution in [2.24, 2.45) is 5.92 Å². The predicted octanol–water partition coefficient (Wildman–Crippen LogP) is 2.79. The Labute approximate surface area is 249 Å². The van der Waals surface area contributed by atoms with Crippen LogP contribution in [0.4, 0.5) is 5.69 Å². The van der Waals surface area contributed by atoms with Gasteiger partial charge in [0.2, 0.25) is 11.8 Å². The molecule has 2 aromatic heterocycles. The van der Waals surface area contributed by atoms with Crippen molar-refractivity contribution in [2.75, 3.05) is 11.9 Å². The van der Waals surface area contributed by atoms with E-state index in [2.05, 4.69) is 27.0 Å². The second kappa shape index (κ2) is 15.0. The Kier molecular flexibility index (Phi) is 10.9. The molecule has 0 unspecified atom stereocenters. The van der Waals surface area contributed by atoms with Crippen molar-refractivity contribution >= 4 is 29.4 Å². The Bertz CT molecular complexity index is 1440. The van der Waals surface area contributed by atoms with Gasteiger partial charge in [-0.05, 0) is 57.6 Å². The highest BCUT2D eigenvalue weighted by atomic mass is 16.5. The van der Waals surface area contributed by atoms with E-state index in [9.17, 15) is 24.0 Å². The number of hydrogen-bond donors (Lipinski definition) is 3. The lowest BCUT2D eigenvalue weighted by Crippen LogP contribution is -2.43. The second-order valence-electron chi connectivity index (χ2n) is 10.9. The molecule has 43 heavy (non-hydrogen) atoms. The Morgan fingerprint density at radius 1 is 1.23 bits per heavy atom. The molecule has 0 spiro atoms. The minimum Gasteiger partial charge on any atom is -0.459 e. The fourth-order valence-corrected chi connectivity index (χ4v) is 5.34. The van der Waals surface area contributed by atoms with Crippen LogP contribution in [0.15, 0.2) is 45.9 Å². The number of amides is 3. The van der Waals surface area contributed by atoms with Crippen molar-refractivity contribution in [1.82, 2.24) is 20.4 Å². The smallest absolute Gasteiger partial charge is 0.330 e. The van der Waals surface area contributed by atoms with Gasteiger partial charge < -0.3 is 29.8 Å². The molecule has 228 valence electrons. The predicted molar refractivity (Wildman–Crippen MR) is 157 cm³/mol. The van der Waals surface area contributed by atoms with Crippen molar-refractivity contribution in [2.45, 2.75) is 82.9 Å². The van der Waals surface area contributed by atoms with Gasteiger partial charge in [-0.1, -0.05) is 24.1 Å². The summed E-state index contributed by atoms with van der Waals surface area (Å²) < 4.78 is 11.7. The molecule has 1 aliphatic heterocycles. The van der Waals surface area contributed by atoms with Gasteiger partial charge in [-0.25, -0.2) is 4.79 Å². The van der Waals surface area contributed by atoms with E-state index in [1.165, 1.54) is 36.5 Å². The van der Waals surface area contributed by atoms with Crippen molar-refractivity contribution < 1.29 is 28.4 Å². The molecule has 0 radical (unpaired) electrons. The van der Waals surface area contributed by atoms with Crippen LogP contribution < -0.4 is 21.5 Å². The third-order valence-electron chi connectivity index (χ3n) is 7.61. The number of carbonyl (C=O) groups is 4. The molecule has 3 atom stereocenters. The summed E-state index contributed by atoms with van der Waals surface area (Å²) in [4.78, 5) is 64.4. The van der Waals surface area contributed by atoms with Crippen LogP contribution >= 0.6 is 0 Å². The van der Waals surface area contributed by atoms with E-state index >= 15 is 0 Å². The van der Waals surface area contributed by atoms with Crippen LogP contribution in [0.3, 0.4) is 0 Å². The number of pyridine rings is 1. The van der Waals surface area contributed by atoms with Gasteiger partial charge in [0.25, 0.3) is 11.5 Å². The first kappa shape index (κ1) is 31.3. The molecule has 12 heteroatoms. The molecule has 3 heterocycles. The number of anilines is 1. The molecule has 0 aromatic carbocycles. The van der Waals surface area contributed by atoms with Crippen LogP contribution in [0.25, 0.3) is 0 Å². The molecule has 1 saturated carbocycles. The van der Waals surface area contributed by atoms with E-state index in [-0.39, 0.29) is 42.2 Å². The van der Waals surface area contributed by atoms with Gasteiger partial charge in [-0.2, -0.15) is 0 Å². The van der Waals surface area contributed by atoms with Gasteiger partial charge in [0.15, 0.2) is 5.69 Å². The summed E-state index contributed by atoms with van der Waals surface area (Å²) >= 11 is 0. The number of hydrogen-bond acceptors (Lipinski definition) is 8. The minimum absolute atomic E-state index is 0.00614. The highest BCUT2D eigenvalue weighted by Crippen LogP contribution is 2.21. The van der Waals surface area contributed by atoms with E-state index in [0.717, 1.165) is 43.1 Å². The SMILES string of the molecule is C#CC[C@@H](C(=O)N[C@H](/C=C/C(=O)OC1CCCCCC1)C[C@@H]1CCNC1=O)n1cccc(NC(=O)c2cc(C)on2)c1=O. The van der Waals surface area contributed by atoms with Crippen LogP contribution in [0.2, 0.25) is 0 Å². The monoisotopic (exact) mass is 591 g/mol. The zero-order valence-corrected chi connectivity index (χ0v) is 24.2. The van der Waals surface area contributed by atoms with Crippen molar-refractivity contribution in [3.05, 3.63) is 58.4 Å². The van der Waals surface area contributed by atoms with E-state index in [4.69, 9.17) is 15.7 Å². The van der Waals surface area contributed by atoms with Crippen LogP contribution in [0.1, 0.15) is 80.1 Å². The number of terminal acetylenes is 1. The zero-order valence-electron chi connectivity index (χ0n) is 24.2. The second-order valence-corrected chi connectivity index (χ2v) is 10.9. The summed E-state index contributed by atoms with van der Waals surface area (Å²) in [6.45, 7) is 2.16. The number of ether oxygens (including phenoxy) is 1. The topological polar surface area (TPSA) is 162 Å². The number of esters is 1. The van der Waals surface area contributed by atoms with Crippen molar-refractivity contribution in [1.29, 1.82) is 0 Å². The first-order valence-corrected chi connectivity index (χ1v) is 14.6. The van der Waals surface area contributed by atoms with Gasteiger partial charge in [0.1, 0.15) is 23.6 Å².